The number of carbonyl (C=O) groups is 2. The van der Waals surface area contributed by atoms with E-state index in [0.717, 1.165) is 25.0 Å². The molecule has 7 heteroatoms. The number of hydrogen-bond donors (Lipinski definition) is 1. The van der Waals surface area contributed by atoms with Gasteiger partial charge in [-0.1, -0.05) is 31.0 Å². The average Bonchev–Trinajstić information content (AvgIpc) is 3.20. The van der Waals surface area contributed by atoms with E-state index >= 15 is 0 Å². The van der Waals surface area contributed by atoms with Crippen LogP contribution in [0.3, 0.4) is 0 Å². The molecule has 2 aromatic rings. The van der Waals surface area contributed by atoms with Crippen LogP contribution in [0.5, 0.6) is 0 Å². The Balaban J connectivity index is 1.81. The fourth-order valence-electron chi connectivity index (χ4n) is 3.99. The highest BCUT2D eigenvalue weighted by molar-refractivity contribution is 5.97. The minimum atomic E-state index is -0.889. The summed E-state index contributed by atoms with van der Waals surface area (Å²) < 4.78 is 41.4. The molecule has 1 saturated carbocycles. The van der Waals surface area contributed by atoms with E-state index in [1.807, 2.05) is 0 Å². The molecule has 2 aromatic carbocycles. The zero-order chi connectivity index (χ0) is 21.0. The molecule has 1 aliphatic carbocycles. The monoisotopic (exact) mass is 404 g/mol. The van der Waals surface area contributed by atoms with Crippen LogP contribution >= 0.6 is 0 Å². The summed E-state index contributed by atoms with van der Waals surface area (Å²) in [5, 5.41) is 2.21. The van der Waals surface area contributed by atoms with Crippen LogP contribution in [0.1, 0.15) is 38.2 Å². The summed E-state index contributed by atoms with van der Waals surface area (Å²) in [5.41, 5.74) is -0.831. The standard InChI is InChI=1S/C22H23F3N2O2/c1-2-27(14-19(28)26-20-17(24)9-6-10-18(20)25)21(29)22(11-3-4-12-22)15-7-5-8-16(23)13-15/h5-10,13H,2-4,11-12,14H2,1H3,(H,26,28). The minimum Gasteiger partial charge on any atom is -0.333 e. The van der Waals surface area contributed by atoms with Gasteiger partial charge < -0.3 is 10.2 Å². The predicted octanol–water partition coefficient (Wildman–Crippen LogP) is 4.40. The molecule has 4 nitrogen and oxygen atoms in total. The molecule has 1 fully saturated rings. The molecule has 0 atom stereocenters. The number of halogens is 3. The maximum Gasteiger partial charge on any atom is 0.244 e. The van der Waals surface area contributed by atoms with Crippen molar-refractivity contribution < 1.29 is 22.8 Å². The number of carbonyl (C=O) groups excluding carboxylic acids is 2. The van der Waals surface area contributed by atoms with E-state index in [4.69, 9.17) is 0 Å². The fraction of sp³-hybridized carbons (Fsp3) is 0.364. The van der Waals surface area contributed by atoms with E-state index in [2.05, 4.69) is 5.32 Å². The molecule has 0 aliphatic heterocycles. The van der Waals surface area contributed by atoms with Gasteiger partial charge in [-0.2, -0.15) is 0 Å². The van der Waals surface area contributed by atoms with Crippen LogP contribution in [0, 0.1) is 17.5 Å². The Hall–Kier alpha value is -2.83. The van der Waals surface area contributed by atoms with Crippen LogP contribution in [0.2, 0.25) is 0 Å². The number of likely N-dealkylation sites (N-methyl/N-ethyl adjacent to an activating group) is 1. The van der Waals surface area contributed by atoms with E-state index in [1.54, 1.807) is 19.1 Å². The minimum absolute atomic E-state index is 0.239. The first kappa shape index (κ1) is 20.9. The zero-order valence-electron chi connectivity index (χ0n) is 16.2. The van der Waals surface area contributed by atoms with Crippen molar-refractivity contribution in [2.75, 3.05) is 18.4 Å². The Labute approximate surface area is 167 Å². The largest absolute Gasteiger partial charge is 0.333 e. The first-order chi connectivity index (χ1) is 13.9. The highest BCUT2D eigenvalue weighted by Crippen LogP contribution is 2.42. The predicted molar refractivity (Wildman–Crippen MR) is 104 cm³/mol. The van der Waals surface area contributed by atoms with Crippen LogP contribution in [0.4, 0.5) is 18.9 Å². The topological polar surface area (TPSA) is 49.4 Å². The van der Waals surface area contributed by atoms with Crippen molar-refractivity contribution in [2.24, 2.45) is 0 Å². The number of hydrogen-bond acceptors (Lipinski definition) is 2. The third-order valence-electron chi connectivity index (χ3n) is 5.47. The van der Waals surface area contributed by atoms with E-state index in [9.17, 15) is 22.8 Å². The van der Waals surface area contributed by atoms with Gasteiger partial charge in [0.15, 0.2) is 0 Å². The van der Waals surface area contributed by atoms with Gasteiger partial charge in [0.2, 0.25) is 11.8 Å². The second-order valence-electron chi connectivity index (χ2n) is 7.26. The van der Waals surface area contributed by atoms with Gasteiger partial charge in [0, 0.05) is 6.54 Å². The summed E-state index contributed by atoms with van der Waals surface area (Å²) in [4.78, 5) is 27.2. The molecule has 0 saturated heterocycles. The van der Waals surface area contributed by atoms with Crippen LogP contribution in [0.25, 0.3) is 0 Å². The van der Waals surface area contributed by atoms with E-state index in [0.29, 0.717) is 18.4 Å². The molecule has 29 heavy (non-hydrogen) atoms. The summed E-state index contributed by atoms with van der Waals surface area (Å²) in [6.45, 7) is 1.62. The van der Waals surface area contributed by atoms with Crippen molar-refractivity contribution in [1.82, 2.24) is 4.90 Å². The molecule has 1 N–H and O–H groups in total. The van der Waals surface area contributed by atoms with Gasteiger partial charge in [-0.05, 0) is 49.6 Å². The molecule has 0 spiro atoms. The lowest BCUT2D eigenvalue weighted by atomic mass is 9.77. The zero-order valence-corrected chi connectivity index (χ0v) is 16.2. The van der Waals surface area contributed by atoms with Gasteiger partial charge in [0.25, 0.3) is 0 Å². The number of anilines is 1. The van der Waals surface area contributed by atoms with Crippen LogP contribution in [0.15, 0.2) is 42.5 Å². The first-order valence-corrected chi connectivity index (χ1v) is 9.66. The maximum atomic E-state index is 13.8. The second-order valence-corrected chi connectivity index (χ2v) is 7.26. The number of benzene rings is 2. The van der Waals surface area contributed by atoms with Crippen LogP contribution < -0.4 is 5.32 Å². The summed E-state index contributed by atoms with van der Waals surface area (Å²) in [7, 11) is 0. The summed E-state index contributed by atoms with van der Waals surface area (Å²) in [5.74, 6) is -3.17. The normalized spacial score (nSPS) is 15.2. The van der Waals surface area contributed by atoms with Gasteiger partial charge in [0.1, 0.15) is 23.1 Å². The number of nitrogens with one attached hydrogen (secondary N) is 1. The Kier molecular flexibility index (Phi) is 6.25. The van der Waals surface area contributed by atoms with Crippen molar-refractivity contribution in [3.8, 4) is 0 Å². The summed E-state index contributed by atoms with van der Waals surface area (Å²) in [6, 6.07) is 9.27. The molecule has 0 bridgehead atoms. The number of rotatable bonds is 6. The highest BCUT2D eigenvalue weighted by atomic mass is 19.1. The molecule has 0 unspecified atom stereocenters. The molecule has 0 heterocycles. The van der Waals surface area contributed by atoms with Crippen molar-refractivity contribution in [1.29, 1.82) is 0 Å². The average molecular weight is 404 g/mol. The molecule has 2 amide bonds. The van der Waals surface area contributed by atoms with E-state index in [-0.39, 0.29) is 19.0 Å². The van der Waals surface area contributed by atoms with Gasteiger partial charge in [-0.15, -0.1) is 0 Å². The SMILES string of the molecule is CCN(CC(=O)Nc1c(F)cccc1F)C(=O)C1(c2cccc(F)c2)CCCC1. The summed E-state index contributed by atoms with van der Waals surface area (Å²) in [6.07, 6.45) is 2.78. The number of nitrogens with zero attached hydrogens (tertiary/aromatic N) is 1. The lowest BCUT2D eigenvalue weighted by molar-refractivity contribution is -0.139. The van der Waals surface area contributed by atoms with Crippen LogP contribution in [-0.2, 0) is 15.0 Å². The number of amides is 2. The molecule has 1 aliphatic rings. The van der Waals surface area contributed by atoms with E-state index < -0.39 is 34.5 Å². The third-order valence-corrected chi connectivity index (χ3v) is 5.47. The fourth-order valence-corrected chi connectivity index (χ4v) is 3.99. The molecule has 0 radical (unpaired) electrons. The molecule has 0 aromatic heterocycles. The van der Waals surface area contributed by atoms with Gasteiger partial charge in [-0.25, -0.2) is 13.2 Å². The highest BCUT2D eigenvalue weighted by Gasteiger charge is 2.45. The van der Waals surface area contributed by atoms with Gasteiger partial charge in [-0.3, -0.25) is 9.59 Å². The maximum absolute atomic E-state index is 13.8. The third kappa shape index (κ3) is 4.28. The second kappa shape index (κ2) is 8.68. The Morgan fingerprint density at radius 1 is 1.03 bits per heavy atom. The lowest BCUT2D eigenvalue weighted by Gasteiger charge is -2.34. The Morgan fingerprint density at radius 3 is 2.24 bits per heavy atom. The molecular formula is C22H23F3N2O2. The Bertz CT molecular complexity index is 890. The number of para-hydroxylation sites is 1. The quantitative estimate of drug-likeness (QED) is 0.776. The molecule has 154 valence electrons. The van der Waals surface area contributed by atoms with E-state index in [1.165, 1.54) is 23.1 Å². The van der Waals surface area contributed by atoms with Crippen molar-refractivity contribution >= 4 is 17.5 Å². The van der Waals surface area contributed by atoms with Crippen molar-refractivity contribution in [3.05, 3.63) is 65.5 Å². The Morgan fingerprint density at radius 2 is 1.66 bits per heavy atom. The van der Waals surface area contributed by atoms with Crippen molar-refractivity contribution in [3.63, 3.8) is 0 Å². The molecular weight excluding hydrogens is 381 g/mol. The lowest BCUT2D eigenvalue weighted by Crippen LogP contribution is -2.48. The first-order valence-electron chi connectivity index (χ1n) is 9.66. The van der Waals surface area contributed by atoms with Gasteiger partial charge >= 0.3 is 0 Å². The molecule has 3 rings (SSSR count). The van der Waals surface area contributed by atoms with Crippen LogP contribution in [-0.4, -0.2) is 29.8 Å². The van der Waals surface area contributed by atoms with Gasteiger partial charge in [0.05, 0.1) is 12.0 Å². The van der Waals surface area contributed by atoms with Crippen molar-refractivity contribution in [2.45, 2.75) is 38.0 Å². The summed E-state index contributed by atoms with van der Waals surface area (Å²) >= 11 is 0. The smallest absolute Gasteiger partial charge is 0.244 e.